The SMILES string of the molecule is CC/C=C\C/C=C\C/C=C\C/C=C\C/C=C\CCCCCCCCCCCC(=O)OCC(COC(=O)CCCCCCCCC/C=C\CCCCCCCC)OC(=O)CCCCCCCCCCCC/C=C\C/C=C\C/C=C\C/C=C\CC. The maximum absolute atomic E-state index is 13.0. The summed E-state index contributed by atoms with van der Waals surface area (Å²) in [5.74, 6) is -0.887. The number of unbranched alkanes of at least 4 members (excludes halogenated alkanes) is 32. The molecule has 0 aromatic heterocycles. The molecule has 0 saturated carbocycles. The Morgan fingerprint density at radius 3 is 0.747 bits per heavy atom. The van der Waals surface area contributed by atoms with E-state index >= 15 is 0 Å². The van der Waals surface area contributed by atoms with Crippen LogP contribution in [0.2, 0.25) is 0 Å². The molecule has 0 heterocycles. The summed E-state index contributed by atoms with van der Waals surface area (Å²) in [5.41, 5.74) is 0. The predicted octanol–water partition coefficient (Wildman–Crippen LogP) is 24.3. The standard InChI is InChI=1S/C77H130O6/c1-4-7-10-13-16-19-22-25-28-31-33-35-37-38-40-41-43-46-49-52-55-58-61-64-67-70-76(79)82-73-74(72-81-75(78)69-66-63-60-57-54-51-48-45-30-27-24-21-18-15-12-9-6-3)83-77(80)71-68-65-62-59-56-53-50-47-44-42-39-36-34-32-29-26-23-20-17-14-11-8-5-2/h7-8,10-11,16-17,19-20,25-30,33-36,38,40,74H,4-6,9,12-15,18,21-24,31-32,37,39,41-73H2,1-3H3/b10-7-,11-8-,19-16-,20-17-,28-25-,29-26-,30-27-,35-33-,36-34-,40-38-. The normalized spacial score (nSPS) is 12.9. The monoisotopic (exact) mass is 1150 g/mol. The molecule has 6 heteroatoms. The largest absolute Gasteiger partial charge is 0.462 e. The maximum Gasteiger partial charge on any atom is 0.306 e. The third-order valence-corrected chi connectivity index (χ3v) is 14.9. The van der Waals surface area contributed by atoms with Crippen LogP contribution in [0, 0.1) is 0 Å². The first kappa shape index (κ1) is 78.8. The van der Waals surface area contributed by atoms with E-state index in [0.717, 1.165) is 122 Å². The van der Waals surface area contributed by atoms with Crippen molar-refractivity contribution in [3.05, 3.63) is 122 Å². The molecule has 0 saturated heterocycles. The van der Waals surface area contributed by atoms with Gasteiger partial charge < -0.3 is 14.2 Å². The minimum atomic E-state index is -0.790. The Labute approximate surface area is 513 Å². The lowest BCUT2D eigenvalue weighted by Gasteiger charge is -2.18. The highest BCUT2D eigenvalue weighted by Crippen LogP contribution is 2.16. The second-order valence-electron chi connectivity index (χ2n) is 23.0. The third-order valence-electron chi connectivity index (χ3n) is 14.9. The van der Waals surface area contributed by atoms with Crippen molar-refractivity contribution in [1.29, 1.82) is 0 Å². The fourth-order valence-electron chi connectivity index (χ4n) is 9.75. The first-order chi connectivity index (χ1) is 41.0. The number of carbonyl (C=O) groups is 3. The van der Waals surface area contributed by atoms with Crippen molar-refractivity contribution in [1.82, 2.24) is 0 Å². The van der Waals surface area contributed by atoms with Crippen molar-refractivity contribution in [3.8, 4) is 0 Å². The Morgan fingerprint density at radius 1 is 0.253 bits per heavy atom. The van der Waals surface area contributed by atoms with Gasteiger partial charge in [0.15, 0.2) is 6.10 Å². The first-order valence-corrected chi connectivity index (χ1v) is 35.0. The molecule has 0 rings (SSSR count). The summed E-state index contributed by atoms with van der Waals surface area (Å²) < 4.78 is 17.0. The van der Waals surface area contributed by atoms with E-state index in [4.69, 9.17) is 14.2 Å². The summed E-state index contributed by atoms with van der Waals surface area (Å²) in [5, 5.41) is 0. The van der Waals surface area contributed by atoms with Crippen molar-refractivity contribution >= 4 is 17.9 Å². The van der Waals surface area contributed by atoms with Crippen LogP contribution in [0.3, 0.4) is 0 Å². The zero-order valence-electron chi connectivity index (χ0n) is 54.4. The number of rotatable bonds is 63. The highest BCUT2D eigenvalue weighted by molar-refractivity contribution is 5.71. The van der Waals surface area contributed by atoms with Gasteiger partial charge >= 0.3 is 17.9 Å². The molecule has 0 aromatic carbocycles. The van der Waals surface area contributed by atoms with Crippen LogP contribution in [0.15, 0.2) is 122 Å². The third kappa shape index (κ3) is 68.5. The smallest absolute Gasteiger partial charge is 0.306 e. The Hall–Kier alpha value is -4.19. The van der Waals surface area contributed by atoms with Gasteiger partial charge in [0.25, 0.3) is 0 Å². The van der Waals surface area contributed by atoms with Crippen LogP contribution >= 0.6 is 0 Å². The van der Waals surface area contributed by atoms with Gasteiger partial charge in [-0.25, -0.2) is 0 Å². The quantitative estimate of drug-likeness (QED) is 0.0261. The van der Waals surface area contributed by atoms with Crippen LogP contribution in [0.25, 0.3) is 0 Å². The van der Waals surface area contributed by atoms with E-state index in [-0.39, 0.29) is 31.1 Å². The first-order valence-electron chi connectivity index (χ1n) is 35.0. The average Bonchev–Trinajstić information content (AvgIpc) is 3.49. The van der Waals surface area contributed by atoms with Gasteiger partial charge in [-0.15, -0.1) is 0 Å². The summed E-state index contributed by atoms with van der Waals surface area (Å²) in [4.78, 5) is 38.5. The van der Waals surface area contributed by atoms with Crippen molar-refractivity contribution in [2.75, 3.05) is 13.2 Å². The van der Waals surface area contributed by atoms with Gasteiger partial charge in [-0.2, -0.15) is 0 Å². The molecule has 6 nitrogen and oxygen atoms in total. The maximum atomic E-state index is 13.0. The summed E-state index contributed by atoms with van der Waals surface area (Å²) in [7, 11) is 0. The Bertz CT molecular complexity index is 1700. The molecule has 0 aliphatic rings. The topological polar surface area (TPSA) is 78.9 Å². The highest BCUT2D eigenvalue weighted by Gasteiger charge is 2.19. The summed E-state index contributed by atoms with van der Waals surface area (Å²) in [6.45, 7) is 6.43. The van der Waals surface area contributed by atoms with Crippen LogP contribution in [0.5, 0.6) is 0 Å². The van der Waals surface area contributed by atoms with E-state index in [0.29, 0.717) is 19.3 Å². The lowest BCUT2D eigenvalue weighted by atomic mass is 10.0. The van der Waals surface area contributed by atoms with Crippen molar-refractivity contribution in [2.45, 2.75) is 335 Å². The molecule has 83 heavy (non-hydrogen) atoms. The summed E-state index contributed by atoms with van der Waals surface area (Å²) >= 11 is 0. The molecule has 0 aliphatic heterocycles. The Balaban J connectivity index is 4.39. The Kier molecular flexibility index (Phi) is 66.7. The number of allylic oxidation sites excluding steroid dienone is 20. The Morgan fingerprint density at radius 2 is 0.470 bits per heavy atom. The lowest BCUT2D eigenvalue weighted by Crippen LogP contribution is -2.30. The van der Waals surface area contributed by atoms with E-state index in [1.165, 1.54) is 167 Å². The number of hydrogen-bond donors (Lipinski definition) is 0. The van der Waals surface area contributed by atoms with Crippen LogP contribution in [0.1, 0.15) is 329 Å². The van der Waals surface area contributed by atoms with Gasteiger partial charge in [0, 0.05) is 19.3 Å². The van der Waals surface area contributed by atoms with Crippen molar-refractivity contribution in [3.63, 3.8) is 0 Å². The molecule has 0 aromatic rings. The van der Waals surface area contributed by atoms with Crippen LogP contribution in [-0.2, 0) is 28.6 Å². The van der Waals surface area contributed by atoms with Crippen LogP contribution in [0.4, 0.5) is 0 Å². The number of hydrogen-bond acceptors (Lipinski definition) is 6. The van der Waals surface area contributed by atoms with Crippen molar-refractivity contribution in [2.24, 2.45) is 0 Å². The summed E-state index contributed by atoms with van der Waals surface area (Å²) in [6, 6.07) is 0. The van der Waals surface area contributed by atoms with Gasteiger partial charge in [-0.05, 0) is 128 Å². The molecule has 474 valence electrons. The van der Waals surface area contributed by atoms with Crippen LogP contribution < -0.4 is 0 Å². The molecule has 0 bridgehead atoms. The van der Waals surface area contributed by atoms with Crippen molar-refractivity contribution < 1.29 is 28.6 Å². The fraction of sp³-hybridized carbons (Fsp3) is 0.701. The van der Waals surface area contributed by atoms with E-state index in [1.807, 2.05) is 0 Å². The molecule has 0 radical (unpaired) electrons. The molecular weight excluding hydrogens is 1020 g/mol. The molecule has 0 aliphatic carbocycles. The van der Waals surface area contributed by atoms with Gasteiger partial charge in [-0.3, -0.25) is 14.4 Å². The molecule has 1 atom stereocenters. The molecule has 1 unspecified atom stereocenters. The highest BCUT2D eigenvalue weighted by atomic mass is 16.6. The summed E-state index contributed by atoms with van der Waals surface area (Å²) in [6.07, 6.45) is 97.8. The zero-order chi connectivity index (χ0) is 59.9. The van der Waals surface area contributed by atoms with E-state index in [2.05, 4.69) is 142 Å². The van der Waals surface area contributed by atoms with Gasteiger partial charge in [0.1, 0.15) is 13.2 Å². The van der Waals surface area contributed by atoms with Gasteiger partial charge in [0.2, 0.25) is 0 Å². The van der Waals surface area contributed by atoms with E-state index in [1.54, 1.807) is 0 Å². The number of carbonyl (C=O) groups excluding carboxylic acids is 3. The van der Waals surface area contributed by atoms with Gasteiger partial charge in [-0.1, -0.05) is 303 Å². The second-order valence-corrected chi connectivity index (χ2v) is 23.0. The minimum Gasteiger partial charge on any atom is -0.462 e. The van der Waals surface area contributed by atoms with E-state index < -0.39 is 6.10 Å². The predicted molar refractivity (Wildman–Crippen MR) is 362 cm³/mol. The van der Waals surface area contributed by atoms with Crippen LogP contribution in [-0.4, -0.2) is 37.2 Å². The van der Waals surface area contributed by atoms with E-state index in [9.17, 15) is 14.4 Å². The van der Waals surface area contributed by atoms with Gasteiger partial charge in [0.05, 0.1) is 0 Å². The molecule has 0 N–H and O–H groups in total. The number of ether oxygens (including phenoxy) is 3. The molecular formula is C77H130O6. The molecule has 0 amide bonds. The zero-order valence-corrected chi connectivity index (χ0v) is 54.4. The average molecular weight is 1150 g/mol. The second kappa shape index (κ2) is 70.3. The number of esters is 3. The minimum absolute atomic E-state index is 0.0843. The lowest BCUT2D eigenvalue weighted by molar-refractivity contribution is -0.167. The molecule has 0 fully saturated rings. The molecule has 0 spiro atoms. The fourth-order valence-corrected chi connectivity index (χ4v) is 9.75.